The van der Waals surface area contributed by atoms with Crippen LogP contribution in [0.3, 0.4) is 0 Å². The molecule has 0 radical (unpaired) electrons. The Labute approximate surface area is 487 Å². The highest BCUT2D eigenvalue weighted by Crippen LogP contribution is 2.70. The van der Waals surface area contributed by atoms with Gasteiger partial charge in [0.1, 0.15) is 11.2 Å². The maximum absolute atomic E-state index is 7.49. The Morgan fingerprint density at radius 3 is 1.23 bits per heavy atom. The molecule has 0 fully saturated rings. The van der Waals surface area contributed by atoms with Crippen molar-refractivity contribution in [3.63, 3.8) is 0 Å². The van der Waals surface area contributed by atoms with Crippen molar-refractivity contribution in [2.75, 3.05) is 14.7 Å². The fraction of sp³-hybridized carbons (Fsp3) is 0.132. The summed E-state index contributed by atoms with van der Waals surface area (Å²) in [6.45, 7) is 19.4. The van der Waals surface area contributed by atoms with E-state index in [1.165, 1.54) is 55.1 Å². The zero-order valence-electron chi connectivity index (χ0n) is 48.2. The van der Waals surface area contributed by atoms with Crippen LogP contribution < -0.4 is 25.1 Å². The standard InChI is InChI=1S/C76H63N3O2Si2/c1-75(2)56-30-17-19-34-62(56)79-63-35-20-18-31-57(63)76(59-33-23-32-58(75)72(59)79)60-46-64(77(48-24-11-9-12-25-48)50-38-42-52(43-39-50)82(3,4)5)73-68(54-28-15-21-36-66(54)80-73)70(60)71-61(76)47-65(74-69(71)55-29-16-22-37-67(55)81-74)78(49-26-13-10-14-27-49)51-40-44-53(45-41-51)83(6,7)8/h9-47H,1-8H3. The maximum atomic E-state index is 7.49. The summed E-state index contributed by atoms with van der Waals surface area (Å²) in [5.74, 6) is 0. The van der Waals surface area contributed by atoms with Gasteiger partial charge in [-0.25, -0.2) is 0 Å². The molecule has 16 rings (SSSR count). The van der Waals surface area contributed by atoms with Crippen LogP contribution in [0, 0.1) is 0 Å². The van der Waals surface area contributed by atoms with Crippen molar-refractivity contribution in [3.8, 4) is 11.1 Å². The van der Waals surface area contributed by atoms with E-state index in [0.717, 1.165) is 94.8 Å². The number of rotatable bonds is 8. The molecule has 13 aromatic rings. The summed E-state index contributed by atoms with van der Waals surface area (Å²) in [4.78, 5) is 7.49. The molecule has 1 spiro atoms. The molecular formula is C76H63N3O2Si2. The summed E-state index contributed by atoms with van der Waals surface area (Å²) in [6.07, 6.45) is 0. The summed E-state index contributed by atoms with van der Waals surface area (Å²) < 4.78 is 15.0. The molecule has 0 amide bonds. The first-order valence-electron chi connectivity index (χ1n) is 29.3. The number of anilines is 9. The van der Waals surface area contributed by atoms with Crippen molar-refractivity contribution in [1.29, 1.82) is 0 Å². The van der Waals surface area contributed by atoms with Crippen LogP contribution in [0.5, 0.6) is 0 Å². The van der Waals surface area contributed by atoms with Gasteiger partial charge in [0, 0.05) is 49.7 Å². The fourth-order valence-corrected chi connectivity index (χ4v) is 16.9. The molecule has 0 bridgehead atoms. The Balaban J connectivity index is 1.13. The second kappa shape index (κ2) is 17.7. The molecule has 0 saturated heterocycles. The Morgan fingerprint density at radius 1 is 0.361 bits per heavy atom. The lowest BCUT2D eigenvalue weighted by Crippen LogP contribution is -2.41. The minimum atomic E-state index is -1.65. The van der Waals surface area contributed by atoms with Gasteiger partial charge in [-0.2, -0.15) is 0 Å². The highest BCUT2D eigenvalue weighted by atomic mass is 28.3. The zero-order chi connectivity index (χ0) is 56.3. The molecule has 83 heavy (non-hydrogen) atoms. The Morgan fingerprint density at radius 2 is 0.747 bits per heavy atom. The minimum absolute atomic E-state index is 0.333. The van der Waals surface area contributed by atoms with Gasteiger partial charge in [0.2, 0.25) is 0 Å². The number of para-hydroxylation sites is 7. The van der Waals surface area contributed by atoms with Crippen LogP contribution in [0.1, 0.15) is 47.2 Å². The van der Waals surface area contributed by atoms with Gasteiger partial charge in [0.15, 0.2) is 11.2 Å². The predicted octanol–water partition coefficient (Wildman–Crippen LogP) is 20.3. The normalized spacial score (nSPS) is 14.4. The van der Waals surface area contributed by atoms with Crippen LogP contribution in [0.4, 0.5) is 51.2 Å². The van der Waals surface area contributed by atoms with Crippen molar-refractivity contribution < 1.29 is 8.83 Å². The van der Waals surface area contributed by atoms with E-state index in [-0.39, 0.29) is 5.41 Å². The van der Waals surface area contributed by atoms with Gasteiger partial charge in [-0.05, 0) is 129 Å². The molecule has 11 aromatic carbocycles. The van der Waals surface area contributed by atoms with Gasteiger partial charge in [-0.3, -0.25) is 0 Å². The van der Waals surface area contributed by atoms with E-state index < -0.39 is 21.6 Å². The van der Waals surface area contributed by atoms with Gasteiger partial charge >= 0.3 is 0 Å². The molecule has 2 aliphatic heterocycles. The van der Waals surface area contributed by atoms with Crippen molar-refractivity contribution in [2.45, 2.75) is 64.0 Å². The van der Waals surface area contributed by atoms with Crippen LogP contribution in [-0.2, 0) is 10.8 Å². The van der Waals surface area contributed by atoms with Gasteiger partial charge in [-0.15, -0.1) is 0 Å². The van der Waals surface area contributed by atoms with Crippen molar-refractivity contribution >= 4 is 122 Å². The third-order valence-corrected chi connectivity index (χ3v) is 22.6. The van der Waals surface area contributed by atoms with Crippen molar-refractivity contribution in [1.82, 2.24) is 0 Å². The second-order valence-corrected chi connectivity index (χ2v) is 35.8. The quantitative estimate of drug-likeness (QED) is 0.142. The number of benzene rings is 11. The van der Waals surface area contributed by atoms with E-state index in [1.807, 2.05) is 0 Å². The third kappa shape index (κ3) is 6.98. The number of hydrogen-bond acceptors (Lipinski definition) is 5. The monoisotopic (exact) mass is 1110 g/mol. The van der Waals surface area contributed by atoms with Crippen LogP contribution in [0.25, 0.3) is 55.0 Å². The average molecular weight is 1110 g/mol. The summed E-state index contributed by atoms with van der Waals surface area (Å²) in [5, 5.41) is 7.14. The number of nitrogens with zero attached hydrogens (tertiary/aromatic N) is 3. The van der Waals surface area contributed by atoms with Gasteiger partial charge in [0.05, 0.1) is 50.0 Å². The molecule has 0 saturated carbocycles. The van der Waals surface area contributed by atoms with Gasteiger partial charge in [-0.1, -0.05) is 215 Å². The molecule has 4 heterocycles. The average Bonchev–Trinajstić information content (AvgIpc) is 1.74. The van der Waals surface area contributed by atoms with Gasteiger partial charge < -0.3 is 23.5 Å². The second-order valence-electron chi connectivity index (χ2n) is 25.6. The summed E-state index contributed by atoms with van der Waals surface area (Å²) in [6, 6.07) is 88.5. The lowest BCUT2D eigenvalue weighted by molar-refractivity contribution is 0.621. The first kappa shape index (κ1) is 49.7. The van der Waals surface area contributed by atoms with Crippen molar-refractivity contribution in [2.24, 2.45) is 0 Å². The Bertz CT molecular complexity index is 4570. The van der Waals surface area contributed by atoms with Gasteiger partial charge in [0.25, 0.3) is 0 Å². The smallest absolute Gasteiger partial charge is 0.160 e. The molecule has 402 valence electrons. The maximum Gasteiger partial charge on any atom is 0.160 e. The van der Waals surface area contributed by atoms with Crippen LogP contribution >= 0.6 is 0 Å². The molecule has 0 atom stereocenters. The van der Waals surface area contributed by atoms with E-state index in [9.17, 15) is 0 Å². The van der Waals surface area contributed by atoms with Crippen LogP contribution in [-0.4, -0.2) is 16.1 Å². The SMILES string of the molecule is CC1(C)c2ccccc2N2c3ccccc3C3(c4cccc1c42)c1cc(N(c2ccccc2)c2ccc([Si](C)(C)C)cc2)c2oc4ccccc4c2c1-c1c3cc(N(c2ccccc2)c2ccc([Si](C)(C)C)cc2)c2oc3ccccc3c12. The van der Waals surface area contributed by atoms with E-state index in [0.29, 0.717) is 0 Å². The highest BCUT2D eigenvalue weighted by Gasteiger charge is 2.56. The topological polar surface area (TPSA) is 36.0 Å². The molecule has 1 aliphatic carbocycles. The number of fused-ring (bicyclic) bond motifs is 19. The van der Waals surface area contributed by atoms with E-state index >= 15 is 0 Å². The molecule has 2 aromatic heterocycles. The Kier molecular flexibility index (Phi) is 10.6. The van der Waals surface area contributed by atoms with Crippen LogP contribution in [0.2, 0.25) is 39.3 Å². The lowest BCUT2D eigenvalue weighted by atomic mass is 9.61. The molecular weight excluding hydrogens is 1040 g/mol. The highest BCUT2D eigenvalue weighted by molar-refractivity contribution is 6.89. The minimum Gasteiger partial charge on any atom is -0.454 e. The van der Waals surface area contributed by atoms with E-state index in [1.54, 1.807) is 0 Å². The summed E-state index contributed by atoms with van der Waals surface area (Å²) in [7, 11) is -3.31. The first-order valence-corrected chi connectivity index (χ1v) is 36.3. The zero-order valence-corrected chi connectivity index (χ0v) is 50.2. The third-order valence-electron chi connectivity index (χ3n) is 18.5. The Hall–Kier alpha value is -9.15. The number of furan rings is 2. The number of hydrogen-bond donors (Lipinski definition) is 0. The largest absolute Gasteiger partial charge is 0.454 e. The fourth-order valence-electron chi connectivity index (χ4n) is 14.6. The summed E-state index contributed by atoms with van der Waals surface area (Å²) >= 11 is 0. The van der Waals surface area contributed by atoms with Crippen LogP contribution in [0.15, 0.2) is 245 Å². The molecule has 3 aliphatic rings. The predicted molar refractivity (Wildman–Crippen MR) is 354 cm³/mol. The van der Waals surface area contributed by atoms with E-state index in [4.69, 9.17) is 8.83 Å². The first-order chi connectivity index (χ1) is 40.2. The summed E-state index contributed by atoms with van der Waals surface area (Å²) in [5.41, 5.74) is 21.7. The van der Waals surface area contributed by atoms with Crippen molar-refractivity contribution in [3.05, 3.63) is 270 Å². The molecule has 0 N–H and O–H groups in total. The van der Waals surface area contributed by atoms with E-state index in [2.05, 4.69) is 304 Å². The molecule has 5 nitrogen and oxygen atoms in total. The molecule has 7 heteroatoms. The molecule has 0 unspecified atom stereocenters. The lowest BCUT2D eigenvalue weighted by Gasteiger charge is -2.51.